The summed E-state index contributed by atoms with van der Waals surface area (Å²) in [4.78, 5) is 20.3. The lowest BCUT2D eigenvalue weighted by atomic mass is 10.0. The summed E-state index contributed by atoms with van der Waals surface area (Å²) in [5, 5.41) is 5.44. The molecular formula is C23H18Cl3N3O. The Labute approximate surface area is 189 Å². The van der Waals surface area contributed by atoms with Crippen molar-refractivity contribution >= 4 is 57.3 Å². The molecular weight excluding hydrogens is 441 g/mol. The lowest BCUT2D eigenvalue weighted by molar-refractivity contribution is -0.116. The van der Waals surface area contributed by atoms with Gasteiger partial charge < -0.3 is 10.3 Å². The second-order valence-electron chi connectivity index (χ2n) is 6.91. The van der Waals surface area contributed by atoms with E-state index >= 15 is 0 Å². The van der Waals surface area contributed by atoms with Gasteiger partial charge in [0.1, 0.15) is 0 Å². The average Bonchev–Trinajstić information content (AvgIpc) is 3.09. The van der Waals surface area contributed by atoms with Crippen LogP contribution in [-0.2, 0) is 11.2 Å². The SMILES string of the molecule is O=C(CCCc1c(-c2ccccn2)[nH]c2ccc(Cl)cc12)Nc1ccc(Cl)c(Cl)c1. The van der Waals surface area contributed by atoms with Crippen LogP contribution in [0.25, 0.3) is 22.3 Å². The molecule has 7 heteroatoms. The Morgan fingerprint density at radius 2 is 1.87 bits per heavy atom. The zero-order chi connectivity index (χ0) is 21.1. The highest BCUT2D eigenvalue weighted by atomic mass is 35.5. The minimum atomic E-state index is -0.0781. The van der Waals surface area contributed by atoms with Gasteiger partial charge in [0.25, 0.3) is 0 Å². The number of pyridine rings is 1. The Morgan fingerprint density at radius 1 is 1.00 bits per heavy atom. The second kappa shape index (κ2) is 9.09. The zero-order valence-corrected chi connectivity index (χ0v) is 18.2. The van der Waals surface area contributed by atoms with E-state index in [0.717, 1.165) is 27.9 Å². The summed E-state index contributed by atoms with van der Waals surface area (Å²) < 4.78 is 0. The van der Waals surface area contributed by atoms with E-state index in [1.807, 2.05) is 36.4 Å². The normalized spacial score (nSPS) is 11.0. The Balaban J connectivity index is 1.51. The van der Waals surface area contributed by atoms with Crippen LogP contribution in [-0.4, -0.2) is 15.9 Å². The second-order valence-corrected chi connectivity index (χ2v) is 8.16. The van der Waals surface area contributed by atoms with E-state index in [1.165, 1.54) is 0 Å². The van der Waals surface area contributed by atoms with E-state index < -0.39 is 0 Å². The largest absolute Gasteiger partial charge is 0.353 e. The fraction of sp³-hybridized carbons (Fsp3) is 0.130. The lowest BCUT2D eigenvalue weighted by Crippen LogP contribution is -2.11. The predicted molar refractivity (Wildman–Crippen MR) is 125 cm³/mol. The van der Waals surface area contributed by atoms with Crippen LogP contribution in [0.3, 0.4) is 0 Å². The number of amides is 1. The van der Waals surface area contributed by atoms with Crippen LogP contribution in [0, 0.1) is 0 Å². The van der Waals surface area contributed by atoms with Crippen molar-refractivity contribution in [3.05, 3.63) is 81.4 Å². The van der Waals surface area contributed by atoms with E-state index in [0.29, 0.717) is 40.0 Å². The molecule has 2 aromatic heterocycles. The average molecular weight is 459 g/mol. The molecule has 30 heavy (non-hydrogen) atoms. The molecule has 0 bridgehead atoms. The first-order valence-electron chi connectivity index (χ1n) is 9.47. The van der Waals surface area contributed by atoms with Gasteiger partial charge in [-0.05, 0) is 66.9 Å². The Morgan fingerprint density at radius 3 is 2.63 bits per heavy atom. The number of hydrogen-bond acceptors (Lipinski definition) is 2. The van der Waals surface area contributed by atoms with Gasteiger partial charge in [0.2, 0.25) is 5.91 Å². The fourth-order valence-corrected chi connectivity index (χ4v) is 3.90. The number of rotatable bonds is 6. The molecule has 0 radical (unpaired) electrons. The number of fused-ring (bicyclic) bond motifs is 1. The zero-order valence-electron chi connectivity index (χ0n) is 15.9. The van der Waals surface area contributed by atoms with Gasteiger partial charge in [-0.3, -0.25) is 9.78 Å². The number of halogens is 3. The maximum Gasteiger partial charge on any atom is 0.224 e. The summed E-state index contributed by atoms with van der Waals surface area (Å²) in [7, 11) is 0. The van der Waals surface area contributed by atoms with Crippen molar-refractivity contribution in [1.29, 1.82) is 0 Å². The van der Waals surface area contributed by atoms with E-state index in [2.05, 4.69) is 15.3 Å². The van der Waals surface area contributed by atoms with Gasteiger partial charge in [-0.15, -0.1) is 0 Å². The van der Waals surface area contributed by atoms with Crippen molar-refractivity contribution in [2.45, 2.75) is 19.3 Å². The molecule has 4 aromatic rings. The first-order valence-corrected chi connectivity index (χ1v) is 10.6. The molecule has 4 rings (SSSR count). The number of aryl methyl sites for hydroxylation is 1. The summed E-state index contributed by atoms with van der Waals surface area (Å²) in [6.07, 6.45) is 3.52. The highest BCUT2D eigenvalue weighted by Gasteiger charge is 2.15. The summed E-state index contributed by atoms with van der Waals surface area (Å²) in [5.41, 5.74) is 4.55. The standard InChI is InChI=1S/C23H18Cl3N3O/c24-14-7-10-20-17(12-14)16(23(29-20)21-5-1-2-11-27-21)4-3-6-22(30)28-15-8-9-18(25)19(26)13-15/h1-2,5,7-13,29H,3-4,6H2,(H,28,30). The maximum absolute atomic E-state index is 12.4. The number of hydrogen-bond donors (Lipinski definition) is 2. The van der Waals surface area contributed by atoms with Crippen molar-refractivity contribution in [1.82, 2.24) is 9.97 Å². The van der Waals surface area contributed by atoms with Crippen LogP contribution in [0.15, 0.2) is 60.8 Å². The summed E-state index contributed by atoms with van der Waals surface area (Å²) in [5.74, 6) is -0.0781. The number of aromatic nitrogens is 2. The minimum absolute atomic E-state index is 0.0781. The van der Waals surface area contributed by atoms with Crippen molar-refractivity contribution < 1.29 is 4.79 Å². The van der Waals surface area contributed by atoms with E-state index in [4.69, 9.17) is 34.8 Å². The molecule has 0 atom stereocenters. The van der Waals surface area contributed by atoms with Crippen molar-refractivity contribution in [2.24, 2.45) is 0 Å². The molecule has 0 aliphatic rings. The smallest absolute Gasteiger partial charge is 0.224 e. The molecule has 2 N–H and O–H groups in total. The van der Waals surface area contributed by atoms with Crippen LogP contribution in [0.2, 0.25) is 15.1 Å². The van der Waals surface area contributed by atoms with Crippen LogP contribution >= 0.6 is 34.8 Å². The molecule has 4 nitrogen and oxygen atoms in total. The van der Waals surface area contributed by atoms with Gasteiger partial charge in [0.05, 0.1) is 21.4 Å². The third kappa shape index (κ3) is 4.62. The summed E-state index contributed by atoms with van der Waals surface area (Å²) >= 11 is 18.2. The van der Waals surface area contributed by atoms with E-state index in [-0.39, 0.29) is 5.91 Å². The summed E-state index contributed by atoms with van der Waals surface area (Å²) in [6, 6.07) is 16.6. The first-order chi connectivity index (χ1) is 14.5. The van der Waals surface area contributed by atoms with Crippen LogP contribution < -0.4 is 5.32 Å². The van der Waals surface area contributed by atoms with Gasteiger partial charge in [-0.2, -0.15) is 0 Å². The molecule has 2 aromatic carbocycles. The quantitative estimate of drug-likeness (QED) is 0.322. The molecule has 152 valence electrons. The monoisotopic (exact) mass is 457 g/mol. The third-order valence-electron chi connectivity index (χ3n) is 4.82. The number of H-pyrrole nitrogens is 1. The van der Waals surface area contributed by atoms with Gasteiger partial charge in [-0.25, -0.2) is 0 Å². The number of anilines is 1. The molecule has 0 aliphatic heterocycles. The van der Waals surface area contributed by atoms with Gasteiger partial charge >= 0.3 is 0 Å². The topological polar surface area (TPSA) is 57.8 Å². The van der Waals surface area contributed by atoms with Crippen molar-refractivity contribution in [3.8, 4) is 11.4 Å². The molecule has 0 spiro atoms. The van der Waals surface area contributed by atoms with Crippen LogP contribution in [0.4, 0.5) is 5.69 Å². The number of aromatic amines is 1. The molecule has 2 heterocycles. The van der Waals surface area contributed by atoms with Crippen LogP contribution in [0.5, 0.6) is 0 Å². The van der Waals surface area contributed by atoms with Crippen molar-refractivity contribution in [2.75, 3.05) is 5.32 Å². The summed E-state index contributed by atoms with van der Waals surface area (Å²) in [6.45, 7) is 0. The molecule has 0 fully saturated rings. The molecule has 0 saturated carbocycles. The molecule has 0 aliphatic carbocycles. The molecule has 1 amide bonds. The lowest BCUT2D eigenvalue weighted by Gasteiger charge is -2.07. The number of nitrogens with one attached hydrogen (secondary N) is 2. The fourth-order valence-electron chi connectivity index (χ4n) is 3.43. The Hall–Kier alpha value is -2.53. The third-order valence-corrected chi connectivity index (χ3v) is 5.80. The Bertz CT molecular complexity index is 1210. The van der Waals surface area contributed by atoms with E-state index in [1.54, 1.807) is 24.4 Å². The van der Waals surface area contributed by atoms with Crippen molar-refractivity contribution in [3.63, 3.8) is 0 Å². The molecule has 0 saturated heterocycles. The number of carbonyl (C=O) groups excluding carboxylic acids is 1. The number of nitrogens with zero attached hydrogens (tertiary/aromatic N) is 1. The Kier molecular flexibility index (Phi) is 6.28. The van der Waals surface area contributed by atoms with Crippen LogP contribution in [0.1, 0.15) is 18.4 Å². The highest BCUT2D eigenvalue weighted by Crippen LogP contribution is 2.32. The molecule has 0 unspecified atom stereocenters. The first kappa shape index (κ1) is 20.7. The number of carbonyl (C=O) groups is 1. The number of benzene rings is 2. The maximum atomic E-state index is 12.4. The van der Waals surface area contributed by atoms with Gasteiger partial charge in [-0.1, -0.05) is 40.9 Å². The minimum Gasteiger partial charge on any atom is -0.353 e. The predicted octanol–water partition coefficient (Wildman–Crippen LogP) is 7.15. The van der Waals surface area contributed by atoms with Gasteiger partial charge in [0, 0.05) is 34.2 Å². The van der Waals surface area contributed by atoms with Gasteiger partial charge in [0.15, 0.2) is 0 Å². The highest BCUT2D eigenvalue weighted by molar-refractivity contribution is 6.42. The van der Waals surface area contributed by atoms with E-state index in [9.17, 15) is 4.79 Å².